The average molecular weight is 343 g/mol. The fraction of sp³-hybridized carbons (Fsp3) is 0.733. The Morgan fingerprint density at radius 3 is 2.00 bits per heavy atom. The predicted molar refractivity (Wildman–Crippen MR) is 90.0 cm³/mol. The molecule has 24 heavy (non-hydrogen) atoms. The largest absolute Gasteiger partial charge is 0.358 e. The van der Waals surface area contributed by atoms with Crippen LogP contribution in [0.2, 0.25) is 0 Å². The second-order valence-corrected chi connectivity index (χ2v) is 6.16. The van der Waals surface area contributed by atoms with E-state index in [4.69, 9.17) is 0 Å². The van der Waals surface area contributed by atoms with Gasteiger partial charge in [-0.1, -0.05) is 13.8 Å². The minimum absolute atomic E-state index is 0.153. The van der Waals surface area contributed by atoms with E-state index in [2.05, 4.69) is 21.3 Å². The van der Waals surface area contributed by atoms with Gasteiger partial charge in [0.2, 0.25) is 23.6 Å². The van der Waals surface area contributed by atoms with Gasteiger partial charge in [-0.15, -0.1) is 0 Å². The van der Waals surface area contributed by atoms with Crippen LogP contribution < -0.4 is 21.3 Å². The summed E-state index contributed by atoms with van der Waals surface area (Å²) in [5.41, 5.74) is 0. The summed E-state index contributed by atoms with van der Waals surface area (Å²) in [6.07, 6.45) is 0.463. The lowest BCUT2D eigenvalue weighted by molar-refractivity contribution is -0.131. The molecule has 4 amide bonds. The lowest BCUT2D eigenvalue weighted by atomic mass is 10.0. The van der Waals surface area contributed by atoms with Crippen LogP contribution >= 0.6 is 0 Å². The maximum Gasteiger partial charge on any atom is 0.243 e. The van der Waals surface area contributed by atoms with Crippen molar-refractivity contribution >= 4 is 23.6 Å². The molecule has 0 spiro atoms. The van der Waals surface area contributed by atoms with E-state index in [9.17, 15) is 19.2 Å². The summed E-state index contributed by atoms with van der Waals surface area (Å²) in [5, 5.41) is 9.90. The SMILES string of the molecule is CNC(=O)CNC(=O)CNC(=O)C(CC(C)C)NC(=O)CN(C)C. The third kappa shape index (κ3) is 10.5. The van der Waals surface area contributed by atoms with Crippen LogP contribution in [-0.4, -0.2) is 75.3 Å². The maximum atomic E-state index is 12.2. The first kappa shape index (κ1) is 21.8. The fourth-order valence-corrected chi connectivity index (χ4v) is 1.85. The van der Waals surface area contributed by atoms with Crippen LogP contribution in [0.5, 0.6) is 0 Å². The van der Waals surface area contributed by atoms with E-state index < -0.39 is 17.9 Å². The molecule has 4 N–H and O–H groups in total. The summed E-state index contributed by atoms with van der Waals surface area (Å²) >= 11 is 0. The van der Waals surface area contributed by atoms with Gasteiger partial charge in [0.1, 0.15) is 6.04 Å². The quantitative estimate of drug-likeness (QED) is 0.368. The highest BCUT2D eigenvalue weighted by atomic mass is 16.2. The number of carbonyl (C=O) groups excluding carboxylic acids is 4. The zero-order valence-electron chi connectivity index (χ0n) is 15.1. The first-order valence-corrected chi connectivity index (χ1v) is 7.84. The number of likely N-dealkylation sites (N-methyl/N-ethyl adjacent to an activating group) is 2. The number of hydrogen-bond donors (Lipinski definition) is 4. The first-order valence-electron chi connectivity index (χ1n) is 7.84. The van der Waals surface area contributed by atoms with E-state index in [0.717, 1.165) is 0 Å². The summed E-state index contributed by atoms with van der Waals surface area (Å²) in [5.74, 6) is -1.29. The molecule has 9 heteroatoms. The maximum absolute atomic E-state index is 12.2. The minimum atomic E-state index is -0.704. The van der Waals surface area contributed by atoms with Gasteiger partial charge in [0.15, 0.2) is 0 Å². The van der Waals surface area contributed by atoms with Crippen LogP contribution in [0.25, 0.3) is 0 Å². The van der Waals surface area contributed by atoms with Crippen LogP contribution in [0.15, 0.2) is 0 Å². The van der Waals surface area contributed by atoms with E-state index in [1.54, 1.807) is 19.0 Å². The summed E-state index contributed by atoms with van der Waals surface area (Å²) in [4.78, 5) is 48.4. The van der Waals surface area contributed by atoms with Gasteiger partial charge in [0, 0.05) is 7.05 Å². The van der Waals surface area contributed by atoms with Gasteiger partial charge in [0.05, 0.1) is 19.6 Å². The third-order valence-electron chi connectivity index (χ3n) is 2.97. The number of hydrogen-bond acceptors (Lipinski definition) is 5. The van der Waals surface area contributed by atoms with Crippen molar-refractivity contribution in [1.82, 2.24) is 26.2 Å². The molecule has 1 unspecified atom stereocenters. The predicted octanol–water partition coefficient (Wildman–Crippen LogP) is -1.94. The summed E-state index contributed by atoms with van der Waals surface area (Å²) in [6, 6.07) is -0.704. The van der Waals surface area contributed by atoms with Gasteiger partial charge in [-0.25, -0.2) is 0 Å². The summed E-state index contributed by atoms with van der Waals surface area (Å²) in [6.45, 7) is 3.64. The summed E-state index contributed by atoms with van der Waals surface area (Å²) < 4.78 is 0. The molecular formula is C15H29N5O4. The number of rotatable bonds is 10. The van der Waals surface area contributed by atoms with E-state index in [-0.39, 0.29) is 37.4 Å². The molecule has 0 rings (SSSR count). The number of nitrogens with zero attached hydrogens (tertiary/aromatic N) is 1. The molecule has 0 aliphatic carbocycles. The van der Waals surface area contributed by atoms with E-state index in [1.807, 2.05) is 13.8 Å². The normalized spacial score (nSPS) is 11.8. The van der Waals surface area contributed by atoms with Crippen molar-refractivity contribution in [3.05, 3.63) is 0 Å². The molecule has 0 heterocycles. The Balaban J connectivity index is 4.46. The van der Waals surface area contributed by atoms with Crippen LogP contribution in [0.3, 0.4) is 0 Å². The highest BCUT2D eigenvalue weighted by Gasteiger charge is 2.22. The van der Waals surface area contributed by atoms with Crippen molar-refractivity contribution in [2.45, 2.75) is 26.3 Å². The Morgan fingerprint density at radius 2 is 1.50 bits per heavy atom. The van der Waals surface area contributed by atoms with E-state index in [1.165, 1.54) is 7.05 Å². The molecule has 0 aliphatic rings. The molecule has 9 nitrogen and oxygen atoms in total. The molecule has 0 radical (unpaired) electrons. The Kier molecular flexibility index (Phi) is 10.4. The van der Waals surface area contributed by atoms with Gasteiger partial charge >= 0.3 is 0 Å². The van der Waals surface area contributed by atoms with Crippen molar-refractivity contribution in [2.75, 3.05) is 40.8 Å². The lowest BCUT2D eigenvalue weighted by Crippen LogP contribution is -2.51. The Morgan fingerprint density at radius 1 is 0.917 bits per heavy atom. The number of carbonyl (C=O) groups is 4. The molecule has 0 aromatic heterocycles. The van der Waals surface area contributed by atoms with Gasteiger partial charge < -0.3 is 26.2 Å². The summed E-state index contributed by atoms with van der Waals surface area (Å²) in [7, 11) is 4.98. The van der Waals surface area contributed by atoms with E-state index in [0.29, 0.717) is 6.42 Å². The smallest absolute Gasteiger partial charge is 0.243 e. The zero-order chi connectivity index (χ0) is 18.7. The Labute approximate surface area is 142 Å². The highest BCUT2D eigenvalue weighted by Crippen LogP contribution is 2.05. The van der Waals surface area contributed by atoms with Crippen molar-refractivity contribution in [3.63, 3.8) is 0 Å². The number of amides is 4. The molecular weight excluding hydrogens is 314 g/mol. The van der Waals surface area contributed by atoms with Crippen molar-refractivity contribution in [1.29, 1.82) is 0 Å². The molecule has 0 fully saturated rings. The lowest BCUT2D eigenvalue weighted by Gasteiger charge is -2.21. The number of nitrogens with one attached hydrogen (secondary N) is 4. The molecule has 0 aromatic carbocycles. The van der Waals surface area contributed by atoms with Crippen LogP contribution in [0, 0.1) is 5.92 Å². The van der Waals surface area contributed by atoms with Crippen molar-refractivity contribution in [3.8, 4) is 0 Å². The van der Waals surface area contributed by atoms with Crippen LogP contribution in [0.1, 0.15) is 20.3 Å². The molecule has 0 saturated heterocycles. The molecule has 1 atom stereocenters. The van der Waals surface area contributed by atoms with Crippen LogP contribution in [0.4, 0.5) is 0 Å². The monoisotopic (exact) mass is 343 g/mol. The molecule has 138 valence electrons. The van der Waals surface area contributed by atoms with E-state index >= 15 is 0 Å². The standard InChI is InChI=1S/C15H29N5O4/c1-10(2)6-11(19-14(23)9-20(4)5)15(24)18-8-13(22)17-7-12(21)16-3/h10-11H,6-9H2,1-5H3,(H,16,21)(H,17,22)(H,18,24)(H,19,23). The van der Waals surface area contributed by atoms with Gasteiger partial charge in [-0.05, 0) is 26.4 Å². The second-order valence-electron chi connectivity index (χ2n) is 6.16. The second kappa shape index (κ2) is 11.4. The fourth-order valence-electron chi connectivity index (χ4n) is 1.85. The molecule has 0 aromatic rings. The molecule has 0 bridgehead atoms. The van der Waals surface area contributed by atoms with Crippen LogP contribution in [-0.2, 0) is 19.2 Å². The molecule has 0 aliphatic heterocycles. The van der Waals surface area contributed by atoms with Gasteiger partial charge in [-0.2, -0.15) is 0 Å². The third-order valence-corrected chi connectivity index (χ3v) is 2.97. The highest BCUT2D eigenvalue weighted by molar-refractivity contribution is 5.91. The topological polar surface area (TPSA) is 120 Å². The minimum Gasteiger partial charge on any atom is -0.358 e. The average Bonchev–Trinajstić information content (AvgIpc) is 2.48. The van der Waals surface area contributed by atoms with Crippen molar-refractivity contribution in [2.24, 2.45) is 5.92 Å². The van der Waals surface area contributed by atoms with Crippen molar-refractivity contribution < 1.29 is 19.2 Å². The molecule has 0 saturated carbocycles. The zero-order valence-corrected chi connectivity index (χ0v) is 15.1. The van der Waals surface area contributed by atoms with Gasteiger partial charge in [0.25, 0.3) is 0 Å². The first-order chi connectivity index (χ1) is 11.1. The Bertz CT molecular complexity index is 451. The Hall–Kier alpha value is -2.16. The van der Waals surface area contributed by atoms with Gasteiger partial charge in [-0.3, -0.25) is 19.2 Å².